The first kappa shape index (κ1) is 26.7. The Hall–Kier alpha value is -3.94. The number of aliphatic imine (C=N–C) groups is 1. The Kier molecular flexibility index (Phi) is 7.55. The third-order valence-electron chi connectivity index (χ3n) is 8.12. The van der Waals surface area contributed by atoms with E-state index in [0.29, 0.717) is 31.8 Å². The lowest BCUT2D eigenvalue weighted by Crippen LogP contribution is -2.63. The van der Waals surface area contributed by atoms with Gasteiger partial charge in [0.05, 0.1) is 31.2 Å². The molecule has 3 aliphatic heterocycles. The molecular formula is C31H35N3O5. The second kappa shape index (κ2) is 11.0. The molecule has 0 saturated carbocycles. The van der Waals surface area contributed by atoms with E-state index >= 15 is 0 Å². The van der Waals surface area contributed by atoms with Gasteiger partial charge in [-0.1, -0.05) is 74.7 Å². The van der Waals surface area contributed by atoms with Crippen molar-refractivity contribution in [2.45, 2.75) is 63.5 Å². The van der Waals surface area contributed by atoms with Gasteiger partial charge in [-0.15, -0.1) is 0 Å². The molecule has 0 radical (unpaired) electrons. The highest BCUT2D eigenvalue weighted by Crippen LogP contribution is 2.56. The summed E-state index contributed by atoms with van der Waals surface area (Å²) in [5.41, 5.74) is 2.28. The number of rotatable bonds is 9. The minimum absolute atomic E-state index is 0.0145. The number of methoxy groups -OCH3 is 2. The molecule has 3 aliphatic rings. The van der Waals surface area contributed by atoms with E-state index in [1.807, 2.05) is 48.5 Å². The van der Waals surface area contributed by atoms with Crippen LogP contribution in [0.15, 0.2) is 70.9 Å². The molecule has 5 rings (SSSR count). The van der Waals surface area contributed by atoms with Crippen LogP contribution in [-0.2, 0) is 35.8 Å². The number of benzene rings is 2. The minimum atomic E-state index is -0.801. The summed E-state index contributed by atoms with van der Waals surface area (Å²) in [6, 6.07) is 17.5. The average Bonchev–Trinajstić information content (AvgIpc) is 3.24. The Bertz CT molecular complexity index is 1330. The van der Waals surface area contributed by atoms with E-state index in [2.05, 4.69) is 17.9 Å². The average molecular weight is 530 g/mol. The van der Waals surface area contributed by atoms with Gasteiger partial charge >= 0.3 is 11.9 Å². The van der Waals surface area contributed by atoms with Crippen molar-refractivity contribution >= 4 is 29.4 Å². The number of para-hydroxylation sites is 1. The largest absolute Gasteiger partial charge is 0.466 e. The zero-order chi connectivity index (χ0) is 27.6. The fraction of sp³-hybridized carbons (Fsp3) is 0.419. The molecule has 2 atom stereocenters. The number of piperidine rings is 1. The standard InChI is InChI=1S/C31H35N3O5/c1-4-5-6-12-19-33-24(35)17-18-31-22-15-10-11-16-23(22)34(20-21-13-8-7-9-14-21)27(31)25(28(36)38-2)26(29(37)39-3)32-30(31)33/h7-11,13-16,27H,4-6,12,17-20H2,1-3H3. The first-order valence-corrected chi connectivity index (χ1v) is 13.7. The smallest absolute Gasteiger partial charge is 0.357 e. The molecule has 0 N–H and O–H groups in total. The predicted octanol–water partition coefficient (Wildman–Crippen LogP) is 4.53. The number of nitrogens with zero attached hydrogens (tertiary/aromatic N) is 3. The molecule has 1 fully saturated rings. The van der Waals surface area contributed by atoms with Crippen LogP contribution in [0.25, 0.3) is 0 Å². The molecule has 8 nitrogen and oxygen atoms in total. The topological polar surface area (TPSA) is 88.5 Å². The van der Waals surface area contributed by atoms with Crippen molar-refractivity contribution in [1.29, 1.82) is 0 Å². The van der Waals surface area contributed by atoms with Crippen LogP contribution in [-0.4, -0.2) is 55.4 Å². The fourth-order valence-electron chi connectivity index (χ4n) is 6.39. The molecule has 1 spiro atoms. The molecule has 3 heterocycles. The first-order chi connectivity index (χ1) is 19.0. The third-order valence-corrected chi connectivity index (χ3v) is 8.12. The van der Waals surface area contributed by atoms with Gasteiger partial charge in [0.25, 0.3) is 0 Å². The highest BCUT2D eigenvalue weighted by atomic mass is 16.5. The molecule has 1 saturated heterocycles. The Morgan fingerprint density at radius 3 is 2.41 bits per heavy atom. The Labute approximate surface area is 229 Å². The van der Waals surface area contributed by atoms with E-state index in [-0.39, 0.29) is 17.2 Å². The van der Waals surface area contributed by atoms with Crippen LogP contribution in [0, 0.1) is 0 Å². The number of anilines is 1. The molecule has 0 bridgehead atoms. The van der Waals surface area contributed by atoms with Gasteiger partial charge in [0.1, 0.15) is 5.84 Å². The molecular weight excluding hydrogens is 494 g/mol. The molecule has 204 valence electrons. The number of carbonyl (C=O) groups excluding carboxylic acids is 3. The van der Waals surface area contributed by atoms with Crippen LogP contribution in [0.4, 0.5) is 5.69 Å². The van der Waals surface area contributed by atoms with Gasteiger partial charge in [0.2, 0.25) is 5.91 Å². The van der Waals surface area contributed by atoms with E-state index < -0.39 is 23.4 Å². The number of amides is 1. The maximum atomic E-state index is 13.5. The van der Waals surface area contributed by atoms with Crippen molar-refractivity contribution in [1.82, 2.24) is 4.90 Å². The summed E-state index contributed by atoms with van der Waals surface area (Å²) < 4.78 is 10.4. The molecule has 1 amide bonds. The second-order valence-electron chi connectivity index (χ2n) is 10.3. The van der Waals surface area contributed by atoms with Crippen LogP contribution < -0.4 is 4.90 Å². The number of hydrogen-bond acceptors (Lipinski definition) is 7. The quantitative estimate of drug-likeness (QED) is 0.350. The SMILES string of the molecule is CCCCCCN1C(=O)CCC23C1=NC(C(=O)OC)=C(C(=O)OC)C2N(Cc1ccccc1)c1ccccc13. The molecule has 39 heavy (non-hydrogen) atoms. The van der Waals surface area contributed by atoms with Gasteiger partial charge in [0, 0.05) is 25.2 Å². The van der Waals surface area contributed by atoms with Gasteiger partial charge in [-0.05, 0) is 30.0 Å². The molecule has 2 aromatic carbocycles. The van der Waals surface area contributed by atoms with E-state index in [1.54, 1.807) is 4.90 Å². The van der Waals surface area contributed by atoms with Gasteiger partial charge in [-0.2, -0.15) is 0 Å². The lowest BCUT2D eigenvalue weighted by molar-refractivity contribution is -0.140. The lowest BCUT2D eigenvalue weighted by atomic mass is 9.65. The van der Waals surface area contributed by atoms with E-state index in [1.165, 1.54) is 14.2 Å². The van der Waals surface area contributed by atoms with Gasteiger partial charge in [-0.3, -0.25) is 9.69 Å². The summed E-state index contributed by atoms with van der Waals surface area (Å²) >= 11 is 0. The maximum absolute atomic E-state index is 13.5. The molecule has 8 heteroatoms. The molecule has 2 aromatic rings. The molecule has 0 aromatic heterocycles. The van der Waals surface area contributed by atoms with E-state index in [0.717, 1.165) is 42.5 Å². The summed E-state index contributed by atoms with van der Waals surface area (Å²) in [4.78, 5) is 48.8. The van der Waals surface area contributed by atoms with E-state index in [9.17, 15) is 14.4 Å². The second-order valence-corrected chi connectivity index (χ2v) is 10.3. The maximum Gasteiger partial charge on any atom is 0.357 e. The van der Waals surface area contributed by atoms with Crippen molar-refractivity contribution in [3.8, 4) is 0 Å². The monoisotopic (exact) mass is 529 g/mol. The number of fused-ring (bicyclic) bond motifs is 1. The summed E-state index contributed by atoms with van der Waals surface area (Å²) in [5.74, 6) is -0.841. The minimum Gasteiger partial charge on any atom is -0.466 e. The van der Waals surface area contributed by atoms with Crippen LogP contribution in [0.2, 0.25) is 0 Å². The molecule has 2 unspecified atom stereocenters. The van der Waals surface area contributed by atoms with Crippen molar-refractivity contribution in [2.24, 2.45) is 4.99 Å². The fourth-order valence-corrected chi connectivity index (χ4v) is 6.39. The van der Waals surface area contributed by atoms with E-state index in [4.69, 9.17) is 14.5 Å². The number of hydrogen-bond donors (Lipinski definition) is 0. The van der Waals surface area contributed by atoms with Crippen molar-refractivity contribution in [3.05, 3.63) is 77.0 Å². The van der Waals surface area contributed by atoms with Crippen molar-refractivity contribution in [2.75, 3.05) is 25.7 Å². The summed E-state index contributed by atoms with van der Waals surface area (Å²) in [6.07, 6.45) is 4.77. The first-order valence-electron chi connectivity index (χ1n) is 13.7. The lowest BCUT2D eigenvalue weighted by Gasteiger charge is -2.48. The number of amidine groups is 1. The van der Waals surface area contributed by atoms with Gasteiger partial charge < -0.3 is 14.4 Å². The van der Waals surface area contributed by atoms with Crippen molar-refractivity contribution < 1.29 is 23.9 Å². The Morgan fingerprint density at radius 1 is 0.974 bits per heavy atom. The zero-order valence-corrected chi connectivity index (χ0v) is 22.8. The number of likely N-dealkylation sites (tertiary alicyclic amines) is 1. The third kappa shape index (κ3) is 4.41. The highest BCUT2D eigenvalue weighted by Gasteiger charge is 2.63. The number of esters is 2. The number of unbranched alkanes of at least 4 members (excludes halogenated alkanes) is 3. The van der Waals surface area contributed by atoms with Crippen molar-refractivity contribution in [3.63, 3.8) is 0 Å². The van der Waals surface area contributed by atoms with Gasteiger partial charge in [0.15, 0.2) is 5.70 Å². The Morgan fingerprint density at radius 2 is 1.69 bits per heavy atom. The highest BCUT2D eigenvalue weighted by molar-refractivity contribution is 6.15. The zero-order valence-electron chi connectivity index (χ0n) is 22.8. The number of carbonyl (C=O) groups is 3. The van der Waals surface area contributed by atoms with Gasteiger partial charge in [-0.25, -0.2) is 14.6 Å². The van der Waals surface area contributed by atoms with Crippen LogP contribution in [0.3, 0.4) is 0 Å². The summed E-state index contributed by atoms with van der Waals surface area (Å²) in [5, 5.41) is 0. The Balaban J connectivity index is 1.75. The molecule has 0 aliphatic carbocycles. The van der Waals surface area contributed by atoms with Crippen LogP contribution in [0.5, 0.6) is 0 Å². The normalized spacial score (nSPS) is 21.7. The van der Waals surface area contributed by atoms with Crippen LogP contribution in [0.1, 0.15) is 56.6 Å². The summed E-state index contributed by atoms with van der Waals surface area (Å²) in [6.45, 7) is 3.15. The van der Waals surface area contributed by atoms with Crippen LogP contribution >= 0.6 is 0 Å². The number of ether oxygens (including phenoxy) is 2. The summed E-state index contributed by atoms with van der Waals surface area (Å²) in [7, 11) is 2.58. The predicted molar refractivity (Wildman–Crippen MR) is 148 cm³/mol.